The highest BCUT2D eigenvalue weighted by atomic mass is 35.5. The summed E-state index contributed by atoms with van der Waals surface area (Å²) < 4.78 is 41.7. The molecule has 1 fully saturated rings. The summed E-state index contributed by atoms with van der Waals surface area (Å²) in [5.74, 6) is 0.101. The third-order valence-electron chi connectivity index (χ3n) is 4.16. The number of rotatable bonds is 4. The third-order valence-corrected chi connectivity index (χ3v) is 4.51. The fourth-order valence-corrected chi connectivity index (χ4v) is 2.95. The molecule has 4 nitrogen and oxygen atoms in total. The number of carbonyl (C=O) groups excluding carboxylic acids is 2. The van der Waals surface area contributed by atoms with E-state index in [2.05, 4.69) is 5.32 Å². The maximum Gasteiger partial charge on any atom is 0.419 e. The van der Waals surface area contributed by atoms with Crippen LogP contribution in [0.1, 0.15) is 24.0 Å². The minimum atomic E-state index is -4.75. The van der Waals surface area contributed by atoms with Crippen LogP contribution < -0.4 is 10.6 Å². The molecule has 128 valence electrons. The van der Waals surface area contributed by atoms with Gasteiger partial charge in [-0.15, -0.1) is 0 Å². The first-order valence-electron chi connectivity index (χ1n) is 7.38. The highest BCUT2D eigenvalue weighted by Crippen LogP contribution is 2.47. The van der Waals surface area contributed by atoms with E-state index in [0.717, 1.165) is 25.0 Å². The Bertz CT molecular complexity index is 729. The first-order valence-corrected chi connectivity index (χ1v) is 7.76. The minimum Gasteiger partial charge on any atom is -0.316 e. The molecule has 2 amide bonds. The minimum absolute atomic E-state index is 0.00206. The van der Waals surface area contributed by atoms with Gasteiger partial charge in [0.2, 0.25) is 0 Å². The van der Waals surface area contributed by atoms with Crippen molar-refractivity contribution < 1.29 is 22.8 Å². The number of hydrogen-bond donors (Lipinski definition) is 2. The number of allylic oxidation sites excluding steroid dienone is 1. The number of nitrogens with one attached hydrogen (secondary N) is 2. The Labute approximate surface area is 141 Å². The van der Waals surface area contributed by atoms with Crippen LogP contribution >= 0.6 is 11.6 Å². The van der Waals surface area contributed by atoms with E-state index in [-0.39, 0.29) is 28.6 Å². The Hall–Kier alpha value is -2.02. The van der Waals surface area contributed by atoms with Crippen molar-refractivity contribution in [2.24, 2.45) is 5.92 Å². The number of hydrogen-bond acceptors (Lipinski definition) is 2. The van der Waals surface area contributed by atoms with E-state index in [4.69, 9.17) is 11.6 Å². The van der Waals surface area contributed by atoms with Gasteiger partial charge in [-0.3, -0.25) is 0 Å². The Morgan fingerprint density at radius 3 is 2.62 bits per heavy atom. The average Bonchev–Trinajstić information content (AvgIpc) is 3.29. The number of urea groups is 1. The van der Waals surface area contributed by atoms with Crippen LogP contribution in [0.5, 0.6) is 0 Å². The summed E-state index contributed by atoms with van der Waals surface area (Å²) in [6.45, 7) is 0. The van der Waals surface area contributed by atoms with Gasteiger partial charge in [-0.2, -0.15) is 13.2 Å². The highest BCUT2D eigenvalue weighted by molar-refractivity contribution is 6.31. The van der Waals surface area contributed by atoms with Crippen molar-refractivity contribution in [3.63, 3.8) is 0 Å². The maximum absolute atomic E-state index is 13.9. The van der Waals surface area contributed by atoms with E-state index in [1.54, 1.807) is 0 Å². The number of halogens is 4. The Balaban J connectivity index is 2.18. The molecule has 2 aliphatic rings. The Kier molecular flexibility index (Phi) is 4.07. The molecular weight excluding hydrogens is 345 g/mol. The van der Waals surface area contributed by atoms with Crippen molar-refractivity contribution >= 4 is 29.6 Å². The lowest BCUT2D eigenvalue weighted by atomic mass is 9.84. The molecule has 1 heterocycles. The molecule has 1 atom stereocenters. The lowest BCUT2D eigenvalue weighted by Gasteiger charge is -2.39. The predicted octanol–water partition coefficient (Wildman–Crippen LogP) is 3.94. The van der Waals surface area contributed by atoms with Crippen LogP contribution in [0.3, 0.4) is 0 Å². The van der Waals surface area contributed by atoms with E-state index >= 15 is 0 Å². The lowest BCUT2D eigenvalue weighted by molar-refractivity contribution is -0.181. The molecule has 8 heteroatoms. The normalized spacial score (nSPS) is 23.6. The van der Waals surface area contributed by atoms with Crippen molar-refractivity contribution in [3.8, 4) is 0 Å². The van der Waals surface area contributed by atoms with Crippen LogP contribution in [0.4, 0.5) is 23.7 Å². The lowest BCUT2D eigenvalue weighted by Crippen LogP contribution is -2.59. The van der Waals surface area contributed by atoms with Crippen molar-refractivity contribution in [3.05, 3.63) is 40.4 Å². The summed E-state index contributed by atoms with van der Waals surface area (Å²) in [7, 11) is 0. The number of amides is 2. The molecule has 0 radical (unpaired) electrons. The first kappa shape index (κ1) is 16.8. The second kappa shape index (κ2) is 5.81. The summed E-state index contributed by atoms with van der Waals surface area (Å²) in [6.07, 6.45) is -0.0492. The van der Waals surface area contributed by atoms with Crippen molar-refractivity contribution in [2.45, 2.75) is 31.0 Å². The van der Waals surface area contributed by atoms with Crippen LogP contribution in [0.2, 0.25) is 5.02 Å². The third kappa shape index (κ3) is 2.88. The standard InChI is InChI=1S/C16H14ClF3N2O2/c17-12-8-11-13(7-10(12)4-6-23)21-14(24)22-15(11,16(18,19)20)5-3-9-1-2-9/h3,5-9H,1-2,4H2,(H2,21,22,24)/t15-/m0/s1. The van der Waals surface area contributed by atoms with Crippen LogP contribution in [-0.4, -0.2) is 18.5 Å². The molecular formula is C16H14ClF3N2O2. The zero-order chi connectivity index (χ0) is 17.5. The summed E-state index contributed by atoms with van der Waals surface area (Å²) in [6, 6.07) is 1.52. The van der Waals surface area contributed by atoms with Gasteiger partial charge in [0.15, 0.2) is 5.54 Å². The highest BCUT2D eigenvalue weighted by Gasteiger charge is 2.58. The summed E-state index contributed by atoms with van der Waals surface area (Å²) >= 11 is 6.04. The van der Waals surface area contributed by atoms with Gasteiger partial charge in [0, 0.05) is 22.7 Å². The van der Waals surface area contributed by atoms with E-state index in [1.807, 2.05) is 5.32 Å². The molecule has 1 aliphatic heterocycles. The zero-order valence-corrected chi connectivity index (χ0v) is 13.2. The Morgan fingerprint density at radius 2 is 2.04 bits per heavy atom. The predicted molar refractivity (Wildman–Crippen MR) is 83.0 cm³/mol. The van der Waals surface area contributed by atoms with Gasteiger partial charge in [0.25, 0.3) is 0 Å². The van der Waals surface area contributed by atoms with Crippen LogP contribution in [-0.2, 0) is 16.8 Å². The first-order chi connectivity index (χ1) is 11.3. The molecule has 0 saturated heterocycles. The van der Waals surface area contributed by atoms with E-state index in [9.17, 15) is 22.8 Å². The van der Waals surface area contributed by atoms with Crippen molar-refractivity contribution in [1.29, 1.82) is 0 Å². The number of alkyl halides is 3. The molecule has 0 unspecified atom stereocenters. The number of benzene rings is 1. The molecule has 3 rings (SSSR count). The van der Waals surface area contributed by atoms with Gasteiger partial charge in [0.1, 0.15) is 6.29 Å². The smallest absolute Gasteiger partial charge is 0.316 e. The van der Waals surface area contributed by atoms with Crippen molar-refractivity contribution in [1.82, 2.24) is 5.32 Å². The molecule has 24 heavy (non-hydrogen) atoms. The topological polar surface area (TPSA) is 58.2 Å². The second-order valence-corrected chi connectivity index (χ2v) is 6.35. The molecule has 1 saturated carbocycles. The molecule has 1 aliphatic carbocycles. The average molecular weight is 359 g/mol. The molecule has 1 aromatic carbocycles. The van der Waals surface area contributed by atoms with Crippen LogP contribution in [0, 0.1) is 5.92 Å². The van der Waals surface area contributed by atoms with E-state index in [1.165, 1.54) is 12.1 Å². The van der Waals surface area contributed by atoms with Gasteiger partial charge >= 0.3 is 12.2 Å². The molecule has 0 aromatic heterocycles. The van der Waals surface area contributed by atoms with E-state index in [0.29, 0.717) is 11.8 Å². The summed E-state index contributed by atoms with van der Waals surface area (Å²) in [5, 5.41) is 4.40. The van der Waals surface area contributed by atoms with Gasteiger partial charge in [0.05, 0.1) is 0 Å². The Morgan fingerprint density at radius 1 is 1.33 bits per heavy atom. The number of anilines is 1. The number of aldehydes is 1. The molecule has 2 N–H and O–H groups in total. The van der Waals surface area contributed by atoms with Gasteiger partial charge in [-0.25, -0.2) is 4.79 Å². The van der Waals surface area contributed by atoms with E-state index < -0.39 is 17.7 Å². The molecule has 1 aromatic rings. The molecule has 0 spiro atoms. The van der Waals surface area contributed by atoms with Crippen molar-refractivity contribution in [2.75, 3.05) is 5.32 Å². The zero-order valence-electron chi connectivity index (χ0n) is 12.4. The quantitative estimate of drug-likeness (QED) is 0.632. The fraction of sp³-hybridized carbons (Fsp3) is 0.375. The summed E-state index contributed by atoms with van der Waals surface area (Å²) in [5.41, 5.74) is -2.48. The van der Waals surface area contributed by atoms with Gasteiger partial charge < -0.3 is 15.4 Å². The second-order valence-electron chi connectivity index (χ2n) is 5.94. The SMILES string of the molecule is O=CCc1cc2c(cc1Cl)[C@@](C=CC1CC1)(C(F)(F)F)NC(=O)N2. The van der Waals surface area contributed by atoms with Crippen LogP contribution in [0.15, 0.2) is 24.3 Å². The number of fused-ring (bicyclic) bond motifs is 1. The monoisotopic (exact) mass is 358 g/mol. The van der Waals surface area contributed by atoms with Crippen LogP contribution in [0.25, 0.3) is 0 Å². The fourth-order valence-electron chi connectivity index (χ4n) is 2.71. The van der Waals surface area contributed by atoms with Gasteiger partial charge in [-0.05, 0) is 42.5 Å². The largest absolute Gasteiger partial charge is 0.419 e. The molecule has 0 bridgehead atoms. The number of carbonyl (C=O) groups is 2. The maximum atomic E-state index is 13.9. The van der Waals surface area contributed by atoms with Gasteiger partial charge in [-0.1, -0.05) is 17.7 Å². The summed E-state index contributed by atoms with van der Waals surface area (Å²) in [4.78, 5) is 22.5.